The lowest BCUT2D eigenvalue weighted by Crippen LogP contribution is -2.43. The first-order valence-electron chi connectivity index (χ1n) is 9.33. The van der Waals surface area contributed by atoms with Gasteiger partial charge in [0, 0.05) is 37.8 Å². The number of ether oxygens (including phenoxy) is 1. The highest BCUT2D eigenvalue weighted by Gasteiger charge is 2.23. The number of carbonyl (C=O) groups is 1. The molecule has 3 rings (SSSR count). The molecule has 6 nitrogen and oxygen atoms in total. The summed E-state index contributed by atoms with van der Waals surface area (Å²) >= 11 is 0. The van der Waals surface area contributed by atoms with Crippen LogP contribution in [0.4, 0.5) is 0 Å². The van der Waals surface area contributed by atoms with Gasteiger partial charge in [-0.3, -0.25) is 14.8 Å². The fourth-order valence-corrected chi connectivity index (χ4v) is 3.75. The van der Waals surface area contributed by atoms with E-state index >= 15 is 0 Å². The molecule has 1 aliphatic heterocycles. The average molecular weight is 334 g/mol. The molecule has 0 bridgehead atoms. The third kappa shape index (κ3) is 5.05. The number of hydrogen-bond donors (Lipinski definition) is 2. The predicted molar refractivity (Wildman–Crippen MR) is 92.5 cm³/mol. The Morgan fingerprint density at radius 3 is 3.00 bits per heavy atom. The number of aromatic amines is 1. The molecule has 1 aromatic heterocycles. The fourth-order valence-electron chi connectivity index (χ4n) is 3.75. The normalized spacial score (nSPS) is 23.3. The molecule has 2 heterocycles. The topological polar surface area (TPSA) is 70.2 Å². The third-order valence-electron chi connectivity index (χ3n) is 5.11. The van der Waals surface area contributed by atoms with Crippen molar-refractivity contribution in [2.45, 2.75) is 58.1 Å². The number of aryl methyl sites for hydroxylation is 1. The van der Waals surface area contributed by atoms with Gasteiger partial charge in [-0.1, -0.05) is 19.3 Å². The first-order valence-corrected chi connectivity index (χ1v) is 9.33. The highest BCUT2D eigenvalue weighted by atomic mass is 16.5. The summed E-state index contributed by atoms with van der Waals surface area (Å²) in [7, 11) is 0. The van der Waals surface area contributed by atoms with Gasteiger partial charge in [0.1, 0.15) is 0 Å². The van der Waals surface area contributed by atoms with Gasteiger partial charge in [0.05, 0.1) is 18.4 Å². The molecule has 2 fully saturated rings. The zero-order valence-corrected chi connectivity index (χ0v) is 14.7. The molecule has 6 heteroatoms. The summed E-state index contributed by atoms with van der Waals surface area (Å²) in [5.41, 5.74) is 2.18. The number of H-pyrrole nitrogens is 1. The molecule has 2 N–H and O–H groups in total. The van der Waals surface area contributed by atoms with Gasteiger partial charge in [-0.15, -0.1) is 0 Å². The van der Waals surface area contributed by atoms with E-state index in [0.29, 0.717) is 0 Å². The molecule has 1 saturated heterocycles. The lowest BCUT2D eigenvalue weighted by Gasteiger charge is -2.32. The Kier molecular flexibility index (Phi) is 6.26. The van der Waals surface area contributed by atoms with Crippen molar-refractivity contribution in [3.8, 4) is 0 Å². The largest absolute Gasteiger partial charge is 0.375 e. The van der Waals surface area contributed by atoms with Gasteiger partial charge >= 0.3 is 0 Å². The molecule has 0 unspecified atom stereocenters. The molecule has 1 saturated carbocycles. The Morgan fingerprint density at radius 1 is 1.42 bits per heavy atom. The number of morpholine rings is 1. The van der Waals surface area contributed by atoms with Crippen molar-refractivity contribution in [1.82, 2.24) is 20.4 Å². The highest BCUT2D eigenvalue weighted by Crippen LogP contribution is 2.23. The maximum atomic E-state index is 12.2. The molecule has 134 valence electrons. The summed E-state index contributed by atoms with van der Waals surface area (Å²) in [6.07, 6.45) is 6.88. The van der Waals surface area contributed by atoms with Crippen molar-refractivity contribution in [3.05, 3.63) is 17.5 Å². The number of rotatable bonds is 6. The van der Waals surface area contributed by atoms with E-state index in [-0.39, 0.29) is 17.9 Å². The van der Waals surface area contributed by atoms with Gasteiger partial charge in [-0.25, -0.2) is 0 Å². The predicted octanol–water partition coefficient (Wildman–Crippen LogP) is 2.01. The van der Waals surface area contributed by atoms with E-state index in [4.69, 9.17) is 4.74 Å². The van der Waals surface area contributed by atoms with Crippen LogP contribution in [0, 0.1) is 12.8 Å². The molecular weight excluding hydrogens is 304 g/mol. The van der Waals surface area contributed by atoms with Crippen molar-refractivity contribution in [2.75, 3.05) is 26.2 Å². The maximum Gasteiger partial charge on any atom is 0.223 e. The van der Waals surface area contributed by atoms with E-state index in [2.05, 4.69) is 26.5 Å². The summed E-state index contributed by atoms with van der Waals surface area (Å²) in [6.45, 7) is 6.20. The second-order valence-electron chi connectivity index (χ2n) is 7.18. The molecular formula is C18H30N4O2. The van der Waals surface area contributed by atoms with Gasteiger partial charge in [0.2, 0.25) is 5.91 Å². The summed E-state index contributed by atoms with van der Waals surface area (Å²) in [6, 6.07) is 2.09. The van der Waals surface area contributed by atoms with Crippen molar-refractivity contribution in [2.24, 2.45) is 5.92 Å². The molecule has 24 heavy (non-hydrogen) atoms. The van der Waals surface area contributed by atoms with E-state index in [1.807, 2.05) is 6.92 Å². The van der Waals surface area contributed by atoms with Gasteiger partial charge in [-0.2, -0.15) is 5.10 Å². The van der Waals surface area contributed by atoms with Crippen LogP contribution in [0.1, 0.15) is 49.9 Å². The minimum absolute atomic E-state index is 0.199. The highest BCUT2D eigenvalue weighted by molar-refractivity contribution is 5.78. The molecule has 1 aliphatic carbocycles. The van der Waals surface area contributed by atoms with Crippen LogP contribution >= 0.6 is 0 Å². The van der Waals surface area contributed by atoms with Crippen LogP contribution in [-0.2, 0) is 16.1 Å². The lowest BCUT2D eigenvalue weighted by atomic mass is 9.88. The van der Waals surface area contributed by atoms with Crippen LogP contribution in [0.5, 0.6) is 0 Å². The Labute approximate surface area is 144 Å². The van der Waals surface area contributed by atoms with Crippen LogP contribution in [0.3, 0.4) is 0 Å². The fraction of sp³-hybridized carbons (Fsp3) is 0.778. The number of carbonyl (C=O) groups excluding carboxylic acids is 1. The first kappa shape index (κ1) is 17.4. The van der Waals surface area contributed by atoms with E-state index in [9.17, 15) is 4.79 Å². The SMILES string of the molecule is Cc1cc(CN2CCO[C@H](CCNC(=O)C3CCCCC3)C2)n[nH]1. The van der Waals surface area contributed by atoms with Gasteiger partial charge in [-0.05, 0) is 32.3 Å². The number of hydrogen-bond acceptors (Lipinski definition) is 4. The van der Waals surface area contributed by atoms with Gasteiger partial charge in [0.15, 0.2) is 0 Å². The third-order valence-corrected chi connectivity index (χ3v) is 5.11. The van der Waals surface area contributed by atoms with E-state index in [1.54, 1.807) is 0 Å². The molecule has 2 aliphatic rings. The molecule has 0 radical (unpaired) electrons. The monoisotopic (exact) mass is 334 g/mol. The maximum absolute atomic E-state index is 12.2. The Hall–Kier alpha value is -1.40. The van der Waals surface area contributed by atoms with Crippen molar-refractivity contribution < 1.29 is 9.53 Å². The van der Waals surface area contributed by atoms with E-state index in [1.165, 1.54) is 19.3 Å². The second kappa shape index (κ2) is 8.62. The quantitative estimate of drug-likeness (QED) is 0.835. The minimum Gasteiger partial charge on any atom is -0.375 e. The molecule has 1 amide bonds. The average Bonchev–Trinajstić information content (AvgIpc) is 3.01. The zero-order chi connectivity index (χ0) is 16.8. The summed E-state index contributed by atoms with van der Waals surface area (Å²) in [4.78, 5) is 14.6. The van der Waals surface area contributed by atoms with Crippen LogP contribution in [0.25, 0.3) is 0 Å². The van der Waals surface area contributed by atoms with Crippen LogP contribution in [0.2, 0.25) is 0 Å². The van der Waals surface area contributed by atoms with E-state index < -0.39 is 0 Å². The smallest absolute Gasteiger partial charge is 0.223 e. The van der Waals surface area contributed by atoms with Crippen molar-refractivity contribution >= 4 is 5.91 Å². The molecule has 0 aromatic carbocycles. The van der Waals surface area contributed by atoms with E-state index in [0.717, 1.165) is 63.4 Å². The Morgan fingerprint density at radius 2 is 2.25 bits per heavy atom. The van der Waals surface area contributed by atoms with Crippen molar-refractivity contribution in [3.63, 3.8) is 0 Å². The second-order valence-corrected chi connectivity index (χ2v) is 7.18. The molecule has 1 aromatic rings. The molecule has 0 spiro atoms. The summed E-state index contributed by atoms with van der Waals surface area (Å²) < 4.78 is 5.86. The number of amides is 1. The van der Waals surface area contributed by atoms with Crippen molar-refractivity contribution in [1.29, 1.82) is 0 Å². The Balaban J connectivity index is 1.36. The van der Waals surface area contributed by atoms with Crippen LogP contribution in [0.15, 0.2) is 6.07 Å². The number of aromatic nitrogens is 2. The molecule has 1 atom stereocenters. The minimum atomic E-state index is 0.199. The number of nitrogens with one attached hydrogen (secondary N) is 2. The van der Waals surface area contributed by atoms with Gasteiger partial charge < -0.3 is 10.1 Å². The van der Waals surface area contributed by atoms with Crippen LogP contribution < -0.4 is 5.32 Å². The first-order chi connectivity index (χ1) is 11.7. The summed E-state index contributed by atoms with van der Waals surface area (Å²) in [5, 5.41) is 10.4. The number of nitrogens with zero attached hydrogens (tertiary/aromatic N) is 2. The zero-order valence-electron chi connectivity index (χ0n) is 14.7. The summed E-state index contributed by atoms with van der Waals surface area (Å²) in [5.74, 6) is 0.486. The Bertz CT molecular complexity index is 525. The van der Waals surface area contributed by atoms with Gasteiger partial charge in [0.25, 0.3) is 0 Å². The van der Waals surface area contributed by atoms with Crippen LogP contribution in [-0.4, -0.2) is 53.3 Å². The standard InChI is InChI=1S/C18H30N4O2/c1-14-11-16(21-20-14)12-22-9-10-24-17(13-22)7-8-19-18(23)15-5-3-2-4-6-15/h11,15,17H,2-10,12-13H2,1H3,(H,19,23)(H,20,21)/t17-/m1/s1. The lowest BCUT2D eigenvalue weighted by molar-refractivity contribution is -0.126.